The normalized spacial score (nSPS) is 12.2. The zero-order valence-electron chi connectivity index (χ0n) is 13.8. The van der Waals surface area contributed by atoms with E-state index in [1.807, 2.05) is 13.0 Å². The molecule has 3 rings (SSSR count). The Morgan fingerprint density at radius 3 is 2.68 bits per heavy atom. The molecule has 8 nitrogen and oxygen atoms in total. The van der Waals surface area contributed by atoms with E-state index in [9.17, 15) is 4.79 Å². The van der Waals surface area contributed by atoms with Crippen LogP contribution in [0.1, 0.15) is 34.6 Å². The Labute approximate surface area is 147 Å². The van der Waals surface area contributed by atoms with E-state index in [1.165, 1.54) is 0 Å². The number of benzene rings is 1. The van der Waals surface area contributed by atoms with Gasteiger partial charge in [0.05, 0.1) is 10.7 Å². The summed E-state index contributed by atoms with van der Waals surface area (Å²) < 4.78 is 4.66. The number of thiophene rings is 1. The van der Waals surface area contributed by atoms with Gasteiger partial charge in [0.25, 0.3) is 5.91 Å². The van der Waals surface area contributed by atoms with Crippen molar-refractivity contribution in [3.05, 3.63) is 39.9 Å². The van der Waals surface area contributed by atoms with Crippen molar-refractivity contribution < 1.29 is 9.42 Å². The van der Waals surface area contributed by atoms with Gasteiger partial charge in [-0.2, -0.15) is 0 Å². The van der Waals surface area contributed by atoms with Gasteiger partial charge in [-0.3, -0.25) is 4.79 Å². The number of anilines is 2. The Balaban J connectivity index is 1.79. The van der Waals surface area contributed by atoms with Crippen LogP contribution in [-0.2, 0) is 6.54 Å². The summed E-state index contributed by atoms with van der Waals surface area (Å²) in [6.07, 6.45) is 0. The summed E-state index contributed by atoms with van der Waals surface area (Å²) in [6.45, 7) is 3.91. The van der Waals surface area contributed by atoms with Gasteiger partial charge in [0.2, 0.25) is 0 Å². The quantitative estimate of drug-likeness (QED) is 0.558. The number of nitrogen functional groups attached to an aromatic ring is 2. The summed E-state index contributed by atoms with van der Waals surface area (Å²) in [7, 11) is 0. The first kappa shape index (κ1) is 16.8. The lowest BCUT2D eigenvalue weighted by Crippen LogP contribution is -2.22. The van der Waals surface area contributed by atoms with Crippen molar-refractivity contribution in [2.45, 2.75) is 20.4 Å². The molecular formula is C16H18N6O2S. The number of allylic oxidation sites excluding steroid dienone is 2. The van der Waals surface area contributed by atoms with Gasteiger partial charge in [-0.1, -0.05) is 6.07 Å². The summed E-state index contributed by atoms with van der Waals surface area (Å²) in [6, 6.07) is 5.42. The largest absolute Gasteiger partial charge is 0.402 e. The van der Waals surface area contributed by atoms with Crippen LogP contribution in [0.3, 0.4) is 0 Å². The number of nitrogens with zero attached hydrogens (tertiary/aromatic N) is 2. The molecule has 0 saturated heterocycles. The van der Waals surface area contributed by atoms with Crippen molar-refractivity contribution in [3.63, 3.8) is 0 Å². The Morgan fingerprint density at radius 2 is 1.96 bits per heavy atom. The van der Waals surface area contributed by atoms with Crippen LogP contribution >= 0.6 is 11.3 Å². The van der Waals surface area contributed by atoms with Gasteiger partial charge in [-0.05, 0) is 47.4 Å². The molecule has 25 heavy (non-hydrogen) atoms. The van der Waals surface area contributed by atoms with Crippen molar-refractivity contribution in [1.82, 2.24) is 15.6 Å². The summed E-state index contributed by atoms with van der Waals surface area (Å²) in [5.74, 6) is -0.290. The molecule has 0 unspecified atom stereocenters. The van der Waals surface area contributed by atoms with Crippen molar-refractivity contribution in [2.24, 2.45) is 5.73 Å². The lowest BCUT2D eigenvalue weighted by Gasteiger charge is -2.06. The van der Waals surface area contributed by atoms with Crippen LogP contribution < -0.4 is 22.5 Å². The lowest BCUT2D eigenvalue weighted by atomic mass is 10.1. The minimum absolute atomic E-state index is 0.290. The molecule has 9 heteroatoms. The molecule has 0 fully saturated rings. The molecule has 7 N–H and O–H groups in total. The molecular weight excluding hydrogens is 340 g/mol. The molecule has 1 aromatic carbocycles. The molecule has 0 aliphatic rings. The van der Waals surface area contributed by atoms with Gasteiger partial charge < -0.3 is 22.5 Å². The second kappa shape index (κ2) is 6.44. The highest BCUT2D eigenvalue weighted by molar-refractivity contribution is 7.18. The van der Waals surface area contributed by atoms with Crippen molar-refractivity contribution in [3.8, 4) is 0 Å². The molecule has 2 aromatic heterocycles. The molecule has 0 atom stereocenters. The zero-order valence-corrected chi connectivity index (χ0v) is 14.6. The van der Waals surface area contributed by atoms with Crippen LogP contribution in [0.2, 0.25) is 0 Å². The number of nitrogens with one attached hydrogen (secondary N) is 1. The van der Waals surface area contributed by atoms with Gasteiger partial charge in [0.15, 0.2) is 0 Å². The number of fused-ring (bicyclic) bond motifs is 1. The molecule has 0 radical (unpaired) electrons. The average Bonchev–Trinajstić information content (AvgIpc) is 3.15. The van der Waals surface area contributed by atoms with Crippen LogP contribution in [0.5, 0.6) is 0 Å². The third-order valence-electron chi connectivity index (χ3n) is 3.92. The van der Waals surface area contributed by atoms with E-state index < -0.39 is 0 Å². The zero-order chi connectivity index (χ0) is 18.1. The van der Waals surface area contributed by atoms with E-state index in [0.717, 1.165) is 22.5 Å². The third-order valence-corrected chi connectivity index (χ3v) is 4.95. The van der Waals surface area contributed by atoms with Crippen LogP contribution in [0.25, 0.3) is 16.6 Å². The third kappa shape index (κ3) is 3.13. The first-order valence-electron chi connectivity index (χ1n) is 7.49. The topological polar surface area (TPSA) is 146 Å². The molecule has 1 amide bonds. The Morgan fingerprint density at radius 1 is 1.24 bits per heavy atom. The van der Waals surface area contributed by atoms with Crippen LogP contribution in [-0.4, -0.2) is 16.2 Å². The highest BCUT2D eigenvalue weighted by Gasteiger charge is 2.21. The minimum Gasteiger partial charge on any atom is -0.402 e. The molecule has 3 aromatic rings. The number of amides is 1. The highest BCUT2D eigenvalue weighted by atomic mass is 32.1. The molecule has 2 heterocycles. The second-order valence-corrected chi connectivity index (χ2v) is 6.71. The minimum atomic E-state index is -0.290. The fraction of sp³-hybridized carbons (Fsp3) is 0.188. The maximum Gasteiger partial charge on any atom is 0.263 e. The fourth-order valence-electron chi connectivity index (χ4n) is 2.42. The number of hydrogen-bond acceptors (Lipinski definition) is 8. The maximum absolute atomic E-state index is 12.5. The summed E-state index contributed by atoms with van der Waals surface area (Å²) in [5, 5.41) is 10.8. The molecule has 0 spiro atoms. The van der Waals surface area contributed by atoms with Crippen LogP contribution in [0.4, 0.5) is 10.7 Å². The molecule has 0 aliphatic heterocycles. The number of carbonyl (C=O) groups excluding carboxylic acids is 1. The lowest BCUT2D eigenvalue weighted by molar-refractivity contribution is 0.0956. The van der Waals surface area contributed by atoms with Gasteiger partial charge in [-0.25, -0.2) is 4.63 Å². The standard InChI is InChI=1S/C16H18N6O2S/c1-7(8(2)17)12-13(18)14(25-15(12)19)16(23)20-6-9-3-4-10-11(5-9)22-24-21-10/h3-5H,6,17-19H2,1-2H3,(H,20,23)/b8-7-. The Kier molecular flexibility index (Phi) is 4.32. The van der Waals surface area contributed by atoms with Gasteiger partial charge in [-0.15, -0.1) is 11.3 Å². The molecule has 0 aliphatic carbocycles. The summed E-state index contributed by atoms with van der Waals surface area (Å²) in [4.78, 5) is 12.9. The fourth-order valence-corrected chi connectivity index (χ4v) is 3.38. The predicted octanol–water partition coefficient (Wildman–Crippen LogP) is 2.09. The van der Waals surface area contributed by atoms with Crippen LogP contribution in [0.15, 0.2) is 28.5 Å². The summed E-state index contributed by atoms with van der Waals surface area (Å²) >= 11 is 1.15. The number of carbonyl (C=O) groups is 1. The number of aromatic nitrogens is 2. The van der Waals surface area contributed by atoms with E-state index in [0.29, 0.717) is 44.4 Å². The molecule has 130 valence electrons. The average molecular weight is 358 g/mol. The SMILES string of the molecule is C/C(N)=C(\C)c1c(N)sc(C(=O)NCc2ccc3nonc3c2)c1N. The first-order chi connectivity index (χ1) is 11.9. The van der Waals surface area contributed by atoms with Crippen molar-refractivity contribution >= 4 is 44.5 Å². The van der Waals surface area contributed by atoms with Gasteiger partial charge >= 0.3 is 0 Å². The van der Waals surface area contributed by atoms with E-state index in [-0.39, 0.29) is 5.91 Å². The van der Waals surface area contributed by atoms with E-state index in [4.69, 9.17) is 17.2 Å². The number of hydrogen-bond donors (Lipinski definition) is 4. The van der Waals surface area contributed by atoms with E-state index in [2.05, 4.69) is 20.3 Å². The number of nitrogens with two attached hydrogens (primary N) is 3. The smallest absolute Gasteiger partial charge is 0.263 e. The molecule has 0 saturated carbocycles. The van der Waals surface area contributed by atoms with E-state index >= 15 is 0 Å². The second-order valence-electron chi connectivity index (χ2n) is 5.66. The first-order valence-corrected chi connectivity index (χ1v) is 8.30. The predicted molar refractivity (Wildman–Crippen MR) is 98.6 cm³/mol. The van der Waals surface area contributed by atoms with Gasteiger partial charge in [0, 0.05) is 17.8 Å². The molecule has 0 bridgehead atoms. The van der Waals surface area contributed by atoms with E-state index in [1.54, 1.807) is 19.1 Å². The van der Waals surface area contributed by atoms with Crippen molar-refractivity contribution in [1.29, 1.82) is 0 Å². The summed E-state index contributed by atoms with van der Waals surface area (Å²) in [5.41, 5.74) is 22.5. The maximum atomic E-state index is 12.5. The van der Waals surface area contributed by atoms with Crippen LogP contribution in [0, 0.1) is 0 Å². The van der Waals surface area contributed by atoms with Crippen molar-refractivity contribution in [2.75, 3.05) is 11.5 Å². The monoisotopic (exact) mass is 358 g/mol. The highest BCUT2D eigenvalue weighted by Crippen LogP contribution is 2.38. The Hall–Kier alpha value is -3.07. The Bertz CT molecular complexity index is 984. The van der Waals surface area contributed by atoms with Gasteiger partial charge in [0.1, 0.15) is 15.9 Å². The number of rotatable bonds is 4.